The van der Waals surface area contributed by atoms with Gasteiger partial charge in [-0.15, -0.1) is 11.3 Å². The van der Waals surface area contributed by atoms with Crippen LogP contribution in [-0.4, -0.2) is 41.9 Å². The van der Waals surface area contributed by atoms with Crippen LogP contribution in [0, 0.1) is 0 Å². The van der Waals surface area contributed by atoms with Gasteiger partial charge < -0.3 is 0 Å². The van der Waals surface area contributed by atoms with Gasteiger partial charge in [-0.05, 0) is 48.2 Å². The van der Waals surface area contributed by atoms with E-state index in [1.54, 1.807) is 23.1 Å². The van der Waals surface area contributed by atoms with E-state index >= 15 is 0 Å². The van der Waals surface area contributed by atoms with E-state index in [1.807, 2.05) is 48.7 Å². The van der Waals surface area contributed by atoms with Gasteiger partial charge in [-0.2, -0.15) is 4.31 Å². The molecule has 0 fully saturated rings. The number of aromatic nitrogens is 2. The first-order valence-corrected chi connectivity index (χ1v) is 14.8. The van der Waals surface area contributed by atoms with Crippen LogP contribution in [0.3, 0.4) is 0 Å². The highest BCUT2D eigenvalue weighted by Gasteiger charge is 2.21. The van der Waals surface area contributed by atoms with E-state index in [4.69, 9.17) is 0 Å². The number of thioether (sulfide) groups is 1. The second-order valence-corrected chi connectivity index (χ2v) is 12.8. The number of hydrogen-bond acceptors (Lipinski definition) is 8. The number of rotatable bonds is 7. The Balaban J connectivity index is 1.33. The number of nitrogens with zero attached hydrogens (tertiary/aromatic N) is 3. The molecule has 0 aliphatic heterocycles. The van der Waals surface area contributed by atoms with Gasteiger partial charge >= 0.3 is 0 Å². The molecular formula is C24H20N4O3S4. The molecule has 1 amide bonds. The van der Waals surface area contributed by atoms with Gasteiger partial charge in [0.15, 0.2) is 9.47 Å². The maximum absolute atomic E-state index is 13.0. The quantitative estimate of drug-likeness (QED) is 0.266. The SMILES string of the molecule is CSc1nc2ccc3nc(NC(=O)c4ccc(S(=O)(=O)N(C)Cc5ccccc5)cc4)sc3c2s1. The van der Waals surface area contributed by atoms with Gasteiger partial charge in [-0.25, -0.2) is 18.4 Å². The van der Waals surface area contributed by atoms with E-state index in [0.29, 0.717) is 10.7 Å². The Bertz CT molecular complexity index is 1630. The molecule has 3 aromatic carbocycles. The van der Waals surface area contributed by atoms with Crippen LogP contribution in [-0.2, 0) is 16.6 Å². The average molecular weight is 541 g/mol. The Hall–Kier alpha value is -2.83. The van der Waals surface area contributed by atoms with E-state index in [9.17, 15) is 13.2 Å². The zero-order valence-electron chi connectivity index (χ0n) is 18.8. The molecule has 0 bridgehead atoms. The first-order chi connectivity index (χ1) is 16.8. The van der Waals surface area contributed by atoms with Crippen molar-refractivity contribution in [2.24, 2.45) is 0 Å². The van der Waals surface area contributed by atoms with Gasteiger partial charge in [0.05, 0.1) is 25.3 Å². The summed E-state index contributed by atoms with van der Waals surface area (Å²) in [4.78, 5) is 22.1. The van der Waals surface area contributed by atoms with E-state index in [0.717, 1.165) is 30.3 Å². The molecule has 7 nitrogen and oxygen atoms in total. The Kier molecular flexibility index (Phi) is 6.60. The molecule has 0 atom stereocenters. The number of thiazole rings is 2. The summed E-state index contributed by atoms with van der Waals surface area (Å²) in [6.45, 7) is 0.258. The first kappa shape index (κ1) is 23.9. The number of anilines is 1. The number of carbonyl (C=O) groups excluding carboxylic acids is 1. The predicted molar refractivity (Wildman–Crippen MR) is 144 cm³/mol. The third-order valence-corrected chi connectivity index (χ3v) is 10.4. The predicted octanol–water partition coefficient (Wildman–Crippen LogP) is 5.70. The summed E-state index contributed by atoms with van der Waals surface area (Å²) in [6.07, 6.45) is 1.99. The summed E-state index contributed by atoms with van der Waals surface area (Å²) in [5.41, 5.74) is 2.96. The minimum absolute atomic E-state index is 0.129. The number of fused-ring (bicyclic) bond motifs is 3. The van der Waals surface area contributed by atoms with Gasteiger partial charge in [0.2, 0.25) is 10.0 Å². The standard InChI is InChI=1S/C24H20N4O3S4/c1-28(14-15-6-4-3-5-7-15)35(30,31)17-10-8-16(9-11-17)22(29)27-23-25-18-12-13-19-21(20(18)33-23)34-24(26-19)32-2/h3-13H,14H2,1-2H3,(H,25,27,29). The lowest BCUT2D eigenvalue weighted by Gasteiger charge is -2.17. The molecule has 0 saturated heterocycles. The Morgan fingerprint density at radius 3 is 2.29 bits per heavy atom. The minimum Gasteiger partial charge on any atom is -0.298 e. The number of nitrogens with one attached hydrogen (secondary N) is 1. The van der Waals surface area contributed by atoms with E-state index < -0.39 is 10.0 Å². The molecule has 178 valence electrons. The van der Waals surface area contributed by atoms with Crippen LogP contribution in [0.1, 0.15) is 15.9 Å². The van der Waals surface area contributed by atoms with Crippen molar-refractivity contribution in [1.29, 1.82) is 0 Å². The summed E-state index contributed by atoms with van der Waals surface area (Å²) in [5, 5.41) is 3.32. The molecule has 5 aromatic rings. The maximum atomic E-state index is 13.0. The number of hydrogen-bond donors (Lipinski definition) is 1. The second kappa shape index (κ2) is 9.67. The number of amides is 1. The molecule has 2 heterocycles. The topological polar surface area (TPSA) is 92.3 Å². The monoisotopic (exact) mass is 540 g/mol. The van der Waals surface area contributed by atoms with Crippen LogP contribution in [0.4, 0.5) is 5.13 Å². The van der Waals surface area contributed by atoms with Crippen LogP contribution >= 0.6 is 34.4 Å². The number of carbonyl (C=O) groups is 1. The summed E-state index contributed by atoms with van der Waals surface area (Å²) < 4.78 is 30.2. The van der Waals surface area contributed by atoms with Crippen LogP contribution in [0.2, 0.25) is 0 Å². The lowest BCUT2D eigenvalue weighted by molar-refractivity contribution is 0.102. The van der Waals surface area contributed by atoms with Crippen molar-refractivity contribution in [2.45, 2.75) is 15.8 Å². The lowest BCUT2D eigenvalue weighted by atomic mass is 10.2. The second-order valence-electron chi connectivity index (χ2n) is 7.69. The van der Waals surface area contributed by atoms with Crippen LogP contribution < -0.4 is 5.32 Å². The molecule has 0 aliphatic carbocycles. The van der Waals surface area contributed by atoms with Gasteiger partial charge in [0, 0.05) is 19.2 Å². The molecule has 2 aromatic heterocycles. The molecule has 5 rings (SSSR count). The largest absolute Gasteiger partial charge is 0.298 e. The molecule has 0 radical (unpaired) electrons. The normalized spacial score (nSPS) is 12.0. The van der Waals surface area contributed by atoms with Gasteiger partial charge in [-0.3, -0.25) is 10.1 Å². The molecule has 0 spiro atoms. The van der Waals surface area contributed by atoms with Crippen molar-refractivity contribution in [3.63, 3.8) is 0 Å². The summed E-state index contributed by atoms with van der Waals surface area (Å²) in [5.74, 6) is -0.351. The fourth-order valence-electron chi connectivity index (χ4n) is 3.55. The van der Waals surface area contributed by atoms with Crippen molar-refractivity contribution in [2.75, 3.05) is 18.6 Å². The van der Waals surface area contributed by atoms with E-state index in [1.165, 1.54) is 47.0 Å². The van der Waals surface area contributed by atoms with Crippen molar-refractivity contribution in [3.8, 4) is 0 Å². The minimum atomic E-state index is -3.69. The third kappa shape index (κ3) is 4.82. The van der Waals surface area contributed by atoms with Crippen molar-refractivity contribution in [1.82, 2.24) is 14.3 Å². The smallest absolute Gasteiger partial charge is 0.257 e. The van der Waals surface area contributed by atoms with Gasteiger partial charge in [-0.1, -0.05) is 53.4 Å². The Labute approximate surface area is 214 Å². The fraction of sp³-hybridized carbons (Fsp3) is 0.125. The Morgan fingerprint density at radius 1 is 0.943 bits per heavy atom. The molecule has 35 heavy (non-hydrogen) atoms. The molecule has 11 heteroatoms. The summed E-state index contributed by atoms with van der Waals surface area (Å²) >= 11 is 4.61. The zero-order valence-corrected chi connectivity index (χ0v) is 22.0. The maximum Gasteiger partial charge on any atom is 0.257 e. The van der Waals surface area contributed by atoms with Crippen molar-refractivity contribution >= 4 is 75.9 Å². The van der Waals surface area contributed by atoms with Crippen molar-refractivity contribution < 1.29 is 13.2 Å². The van der Waals surface area contributed by atoms with E-state index in [2.05, 4.69) is 15.3 Å². The first-order valence-electron chi connectivity index (χ1n) is 10.5. The highest BCUT2D eigenvalue weighted by Crippen LogP contribution is 2.38. The van der Waals surface area contributed by atoms with Crippen LogP contribution in [0.25, 0.3) is 20.4 Å². The third-order valence-electron chi connectivity index (χ3n) is 5.36. The highest BCUT2D eigenvalue weighted by molar-refractivity contribution is 8.00. The summed E-state index contributed by atoms with van der Waals surface area (Å²) in [6, 6.07) is 19.2. The fourth-order valence-corrected chi connectivity index (χ4v) is 7.36. The van der Waals surface area contributed by atoms with E-state index in [-0.39, 0.29) is 17.3 Å². The van der Waals surface area contributed by atoms with Crippen molar-refractivity contribution in [3.05, 3.63) is 77.9 Å². The molecular weight excluding hydrogens is 521 g/mol. The highest BCUT2D eigenvalue weighted by atomic mass is 32.2. The zero-order chi connectivity index (χ0) is 24.6. The Morgan fingerprint density at radius 2 is 1.60 bits per heavy atom. The number of benzene rings is 3. The van der Waals surface area contributed by atoms with Crippen LogP contribution in [0.5, 0.6) is 0 Å². The molecule has 0 saturated carbocycles. The number of sulfonamides is 1. The molecule has 0 unspecified atom stereocenters. The van der Waals surface area contributed by atoms with Crippen LogP contribution in [0.15, 0.2) is 76.0 Å². The molecule has 0 aliphatic rings. The average Bonchev–Trinajstić information content (AvgIpc) is 3.48. The molecule has 1 N–H and O–H groups in total. The summed E-state index contributed by atoms with van der Waals surface area (Å²) in [7, 11) is -2.15. The van der Waals surface area contributed by atoms with Gasteiger partial charge in [0.1, 0.15) is 0 Å². The lowest BCUT2D eigenvalue weighted by Crippen LogP contribution is -2.26. The van der Waals surface area contributed by atoms with Gasteiger partial charge in [0.25, 0.3) is 5.91 Å².